The molecule has 1 fully saturated rings. The van der Waals surface area contributed by atoms with Crippen LogP contribution >= 0.6 is 0 Å². The first-order valence-corrected chi connectivity index (χ1v) is 12.1. The van der Waals surface area contributed by atoms with E-state index in [1.165, 1.54) is 42.8 Å². The van der Waals surface area contributed by atoms with E-state index in [-0.39, 0.29) is 22.1 Å². The van der Waals surface area contributed by atoms with Crippen LogP contribution in [0.5, 0.6) is 11.5 Å². The van der Waals surface area contributed by atoms with Crippen molar-refractivity contribution in [2.75, 3.05) is 40.5 Å². The number of benzene rings is 2. The molecule has 2 aromatic rings. The van der Waals surface area contributed by atoms with E-state index >= 15 is 0 Å². The first kappa shape index (κ1) is 22.5. The van der Waals surface area contributed by atoms with Gasteiger partial charge in [-0.2, -0.15) is 4.31 Å². The third kappa shape index (κ3) is 4.93. The van der Waals surface area contributed by atoms with Crippen molar-refractivity contribution in [2.24, 2.45) is 0 Å². The van der Waals surface area contributed by atoms with E-state index in [1.54, 1.807) is 18.2 Å². The molecule has 2 aromatic carbocycles. The number of nitrogens with zero attached hydrogens (tertiary/aromatic N) is 1. The number of methoxy groups -OCH3 is 2. The van der Waals surface area contributed by atoms with E-state index in [4.69, 9.17) is 14.2 Å². The average Bonchev–Trinajstić information content (AvgIpc) is 2.78. The zero-order valence-electron chi connectivity index (χ0n) is 16.7. The van der Waals surface area contributed by atoms with Crippen LogP contribution in [0.15, 0.2) is 52.3 Å². The Bertz CT molecular complexity index is 1080. The Morgan fingerprint density at radius 3 is 2.23 bits per heavy atom. The smallest absolute Gasteiger partial charge is 0.244 e. The molecule has 0 aliphatic carbocycles. The average molecular weight is 457 g/mol. The van der Waals surface area contributed by atoms with Crippen LogP contribution in [-0.4, -0.2) is 61.7 Å². The summed E-state index contributed by atoms with van der Waals surface area (Å²) < 4.78 is 70.1. The van der Waals surface area contributed by atoms with Crippen LogP contribution < -0.4 is 14.2 Å². The van der Waals surface area contributed by atoms with Crippen LogP contribution in [0.1, 0.15) is 5.56 Å². The summed E-state index contributed by atoms with van der Waals surface area (Å²) in [6.07, 6.45) is 0. The minimum Gasteiger partial charge on any atom is -0.497 e. The number of nitrogens with one attached hydrogen (secondary N) is 1. The highest BCUT2D eigenvalue weighted by atomic mass is 32.2. The largest absolute Gasteiger partial charge is 0.497 e. The third-order valence-corrected chi connectivity index (χ3v) is 7.99. The molecule has 0 amide bonds. The zero-order valence-corrected chi connectivity index (χ0v) is 18.3. The van der Waals surface area contributed by atoms with Gasteiger partial charge in [0.25, 0.3) is 0 Å². The highest BCUT2D eigenvalue weighted by Gasteiger charge is 2.26. The van der Waals surface area contributed by atoms with Crippen LogP contribution in [0.3, 0.4) is 0 Å². The predicted octanol–water partition coefficient (Wildman–Crippen LogP) is 1.20. The molecule has 1 N–H and O–H groups in total. The van der Waals surface area contributed by atoms with Gasteiger partial charge in [-0.05, 0) is 29.8 Å². The second-order valence-electron chi connectivity index (χ2n) is 6.50. The fourth-order valence-corrected chi connectivity index (χ4v) is 5.57. The Balaban J connectivity index is 1.73. The van der Waals surface area contributed by atoms with Gasteiger partial charge in [0.2, 0.25) is 20.0 Å². The summed E-state index contributed by atoms with van der Waals surface area (Å²) in [6.45, 7) is 1.35. The molecule has 0 radical (unpaired) electrons. The fraction of sp³-hybridized carbons (Fsp3) is 0.368. The van der Waals surface area contributed by atoms with E-state index in [1.807, 2.05) is 0 Å². The van der Waals surface area contributed by atoms with Gasteiger partial charge in [0.15, 0.2) is 0 Å². The summed E-state index contributed by atoms with van der Waals surface area (Å²) in [7, 11) is -4.66. The first-order valence-electron chi connectivity index (χ1n) is 9.16. The number of morpholine rings is 1. The summed E-state index contributed by atoms with van der Waals surface area (Å²) in [4.78, 5) is 0.112. The SMILES string of the molecule is COc1ccc(OC)c(S(=O)(=O)NCc2ccc(S(=O)(=O)N3CCOCC3)cc2)c1. The molecule has 0 unspecified atom stereocenters. The number of sulfonamides is 2. The highest BCUT2D eigenvalue weighted by Crippen LogP contribution is 2.28. The van der Waals surface area contributed by atoms with Crippen molar-refractivity contribution in [1.29, 1.82) is 0 Å². The highest BCUT2D eigenvalue weighted by molar-refractivity contribution is 7.89. The maximum atomic E-state index is 12.7. The Morgan fingerprint density at radius 1 is 0.967 bits per heavy atom. The summed E-state index contributed by atoms with van der Waals surface area (Å²) in [5.41, 5.74) is 0.612. The molecule has 0 saturated carbocycles. The molecule has 1 saturated heterocycles. The third-order valence-electron chi connectivity index (χ3n) is 4.66. The number of hydrogen-bond donors (Lipinski definition) is 1. The normalized spacial score (nSPS) is 15.7. The lowest BCUT2D eigenvalue weighted by atomic mass is 10.2. The maximum absolute atomic E-state index is 12.7. The Hall–Kier alpha value is -2.18. The van der Waals surface area contributed by atoms with Crippen LogP contribution in [0.2, 0.25) is 0 Å². The Labute approximate surface area is 176 Å². The summed E-state index contributed by atoms with van der Waals surface area (Å²) in [5.74, 6) is 0.573. The maximum Gasteiger partial charge on any atom is 0.244 e. The van der Waals surface area contributed by atoms with E-state index in [0.29, 0.717) is 37.6 Å². The zero-order chi connectivity index (χ0) is 21.8. The molecule has 30 heavy (non-hydrogen) atoms. The molecule has 9 nitrogen and oxygen atoms in total. The van der Waals surface area contributed by atoms with Crippen molar-refractivity contribution in [2.45, 2.75) is 16.3 Å². The van der Waals surface area contributed by atoms with Crippen molar-refractivity contribution in [3.8, 4) is 11.5 Å². The van der Waals surface area contributed by atoms with Gasteiger partial charge >= 0.3 is 0 Å². The number of rotatable bonds is 8. The van der Waals surface area contributed by atoms with Crippen LogP contribution in [0, 0.1) is 0 Å². The second kappa shape index (κ2) is 9.31. The molecule has 1 heterocycles. The molecule has 0 bridgehead atoms. The van der Waals surface area contributed by atoms with Gasteiger partial charge < -0.3 is 14.2 Å². The van der Waals surface area contributed by atoms with E-state index in [9.17, 15) is 16.8 Å². The molecule has 0 aromatic heterocycles. The summed E-state index contributed by atoms with van der Waals surface area (Å²) >= 11 is 0. The topological polar surface area (TPSA) is 111 Å². The van der Waals surface area contributed by atoms with E-state index in [0.717, 1.165) is 0 Å². The Kier molecular flexibility index (Phi) is 6.98. The minimum atomic E-state index is -3.88. The molecule has 1 aliphatic heterocycles. The standard InChI is InChI=1S/C19H24N2O7S2/c1-26-16-5-8-18(27-2)19(13-16)29(22,23)20-14-15-3-6-17(7-4-15)30(24,25)21-9-11-28-12-10-21/h3-8,13,20H,9-12,14H2,1-2H3. The van der Waals surface area contributed by atoms with Crippen molar-refractivity contribution >= 4 is 20.0 Å². The second-order valence-corrected chi connectivity index (χ2v) is 10.2. The first-order chi connectivity index (χ1) is 14.3. The van der Waals surface area contributed by atoms with E-state index in [2.05, 4.69) is 4.72 Å². The summed E-state index contributed by atoms with van der Waals surface area (Å²) in [5, 5.41) is 0. The lowest BCUT2D eigenvalue weighted by Gasteiger charge is -2.26. The van der Waals surface area contributed by atoms with Crippen molar-refractivity contribution in [1.82, 2.24) is 9.03 Å². The molecule has 11 heteroatoms. The Morgan fingerprint density at radius 2 is 1.63 bits per heavy atom. The number of ether oxygens (including phenoxy) is 3. The fourth-order valence-electron chi connectivity index (χ4n) is 2.97. The molecular formula is C19H24N2O7S2. The predicted molar refractivity (Wildman–Crippen MR) is 110 cm³/mol. The van der Waals surface area contributed by atoms with Crippen molar-refractivity contribution in [3.63, 3.8) is 0 Å². The molecule has 3 rings (SSSR count). The minimum absolute atomic E-state index is 0.0133. The monoisotopic (exact) mass is 456 g/mol. The molecule has 1 aliphatic rings. The number of hydrogen-bond acceptors (Lipinski definition) is 7. The lowest BCUT2D eigenvalue weighted by molar-refractivity contribution is 0.0730. The van der Waals surface area contributed by atoms with Crippen LogP contribution in [-0.2, 0) is 31.3 Å². The van der Waals surface area contributed by atoms with Gasteiger partial charge in [-0.3, -0.25) is 0 Å². The van der Waals surface area contributed by atoms with Crippen molar-refractivity contribution < 1.29 is 31.0 Å². The summed E-state index contributed by atoms with van der Waals surface area (Å²) in [6, 6.07) is 10.6. The van der Waals surface area contributed by atoms with Crippen LogP contribution in [0.4, 0.5) is 0 Å². The van der Waals surface area contributed by atoms with Gasteiger partial charge in [-0.15, -0.1) is 0 Å². The van der Waals surface area contributed by atoms with Crippen molar-refractivity contribution in [3.05, 3.63) is 48.0 Å². The van der Waals surface area contributed by atoms with E-state index < -0.39 is 20.0 Å². The van der Waals surface area contributed by atoms with Gasteiger partial charge in [0.05, 0.1) is 32.3 Å². The van der Waals surface area contributed by atoms with Gasteiger partial charge in [0.1, 0.15) is 16.4 Å². The molecular weight excluding hydrogens is 432 g/mol. The van der Waals surface area contributed by atoms with Crippen LogP contribution in [0.25, 0.3) is 0 Å². The molecule has 0 atom stereocenters. The van der Waals surface area contributed by atoms with Gasteiger partial charge in [-0.1, -0.05) is 12.1 Å². The lowest BCUT2D eigenvalue weighted by Crippen LogP contribution is -2.40. The quantitative estimate of drug-likeness (QED) is 0.635. The molecule has 0 spiro atoms. The molecule has 164 valence electrons. The van der Waals surface area contributed by atoms with Gasteiger partial charge in [0, 0.05) is 25.7 Å². The van der Waals surface area contributed by atoms with Gasteiger partial charge in [-0.25, -0.2) is 21.6 Å².